The maximum atomic E-state index is 11.6. The summed E-state index contributed by atoms with van der Waals surface area (Å²) < 4.78 is 25.2. The van der Waals surface area contributed by atoms with Crippen molar-refractivity contribution in [2.75, 3.05) is 24.3 Å². The van der Waals surface area contributed by atoms with Gasteiger partial charge < -0.3 is 5.32 Å². The standard InChI is InChI=1S/C14H25N3O2S2/c1-10(20-4)7-15-8-14-11(2)16-17(12(14)3)13-5-6-21(18,19)9-13/h10,13,15H,5-9H2,1-4H3. The highest BCUT2D eigenvalue weighted by Gasteiger charge is 2.31. The summed E-state index contributed by atoms with van der Waals surface area (Å²) in [5.41, 5.74) is 3.30. The normalized spacial score (nSPS) is 22.6. The topological polar surface area (TPSA) is 64.0 Å². The Morgan fingerprint density at radius 2 is 2.19 bits per heavy atom. The Morgan fingerprint density at radius 1 is 1.48 bits per heavy atom. The van der Waals surface area contributed by atoms with E-state index in [4.69, 9.17) is 0 Å². The van der Waals surface area contributed by atoms with E-state index in [2.05, 4.69) is 23.6 Å². The number of thioether (sulfide) groups is 1. The molecular weight excluding hydrogens is 306 g/mol. The minimum Gasteiger partial charge on any atom is -0.311 e. The van der Waals surface area contributed by atoms with Crippen LogP contribution in [0.5, 0.6) is 0 Å². The third-order valence-electron chi connectivity index (χ3n) is 4.17. The summed E-state index contributed by atoms with van der Waals surface area (Å²) >= 11 is 1.84. The number of hydrogen-bond donors (Lipinski definition) is 1. The average molecular weight is 332 g/mol. The second-order valence-corrected chi connectivity index (χ2v) is 9.33. The maximum absolute atomic E-state index is 11.6. The molecule has 1 fully saturated rings. The van der Waals surface area contributed by atoms with E-state index in [0.29, 0.717) is 11.7 Å². The van der Waals surface area contributed by atoms with Crippen LogP contribution < -0.4 is 5.32 Å². The molecule has 2 unspecified atom stereocenters. The summed E-state index contributed by atoms with van der Waals surface area (Å²) in [5, 5.41) is 8.63. The first-order chi connectivity index (χ1) is 9.84. The van der Waals surface area contributed by atoms with Gasteiger partial charge in [-0.1, -0.05) is 6.92 Å². The molecule has 1 aromatic rings. The molecule has 1 N–H and O–H groups in total. The zero-order valence-corrected chi connectivity index (χ0v) is 14.9. The number of rotatable bonds is 6. The molecule has 0 bridgehead atoms. The van der Waals surface area contributed by atoms with Gasteiger partial charge in [0.1, 0.15) is 0 Å². The lowest BCUT2D eigenvalue weighted by molar-refractivity contribution is 0.485. The Morgan fingerprint density at radius 3 is 2.76 bits per heavy atom. The molecule has 0 radical (unpaired) electrons. The van der Waals surface area contributed by atoms with Gasteiger partial charge >= 0.3 is 0 Å². The number of sulfone groups is 1. The summed E-state index contributed by atoms with van der Waals surface area (Å²) in [6, 6.07) is 0.00701. The Bertz CT molecular complexity index is 596. The highest BCUT2D eigenvalue weighted by Crippen LogP contribution is 2.26. The van der Waals surface area contributed by atoms with Crippen molar-refractivity contribution in [3.8, 4) is 0 Å². The van der Waals surface area contributed by atoms with Crippen LogP contribution in [0, 0.1) is 13.8 Å². The van der Waals surface area contributed by atoms with Gasteiger partial charge in [-0.25, -0.2) is 8.42 Å². The molecule has 1 aromatic heterocycles. The fourth-order valence-electron chi connectivity index (χ4n) is 2.76. The minimum atomic E-state index is -2.87. The van der Waals surface area contributed by atoms with Crippen molar-refractivity contribution < 1.29 is 8.42 Å². The highest BCUT2D eigenvalue weighted by atomic mass is 32.2. The predicted molar refractivity (Wildman–Crippen MR) is 88.7 cm³/mol. The first kappa shape index (κ1) is 16.8. The van der Waals surface area contributed by atoms with Crippen molar-refractivity contribution >= 4 is 21.6 Å². The van der Waals surface area contributed by atoms with Crippen molar-refractivity contribution in [3.05, 3.63) is 17.0 Å². The van der Waals surface area contributed by atoms with E-state index in [-0.39, 0.29) is 17.5 Å². The van der Waals surface area contributed by atoms with E-state index in [1.165, 1.54) is 5.56 Å². The molecule has 2 heterocycles. The van der Waals surface area contributed by atoms with E-state index >= 15 is 0 Å². The molecule has 0 saturated carbocycles. The molecule has 120 valence electrons. The van der Waals surface area contributed by atoms with Crippen LogP contribution in [0.4, 0.5) is 0 Å². The maximum Gasteiger partial charge on any atom is 0.152 e. The third kappa shape index (κ3) is 4.02. The first-order valence-corrected chi connectivity index (χ1v) is 10.4. The summed E-state index contributed by atoms with van der Waals surface area (Å²) in [7, 11) is -2.87. The minimum absolute atomic E-state index is 0.00701. The Balaban J connectivity index is 2.07. The number of aryl methyl sites for hydroxylation is 1. The molecule has 7 heteroatoms. The van der Waals surface area contributed by atoms with E-state index in [1.54, 1.807) is 0 Å². The van der Waals surface area contributed by atoms with Crippen molar-refractivity contribution in [1.29, 1.82) is 0 Å². The second-order valence-electron chi connectivity index (χ2n) is 5.83. The van der Waals surface area contributed by atoms with Gasteiger partial charge in [0.05, 0.1) is 23.2 Å². The van der Waals surface area contributed by atoms with E-state index in [1.807, 2.05) is 30.3 Å². The van der Waals surface area contributed by atoms with Gasteiger partial charge in [0.2, 0.25) is 0 Å². The third-order valence-corrected chi connectivity index (χ3v) is 6.89. The van der Waals surface area contributed by atoms with Gasteiger partial charge in [0.25, 0.3) is 0 Å². The van der Waals surface area contributed by atoms with Gasteiger partial charge in [0.15, 0.2) is 9.84 Å². The Labute approximate surface area is 131 Å². The van der Waals surface area contributed by atoms with Crippen molar-refractivity contribution in [1.82, 2.24) is 15.1 Å². The number of nitrogens with zero attached hydrogens (tertiary/aromatic N) is 2. The molecule has 2 atom stereocenters. The van der Waals surface area contributed by atoms with E-state index < -0.39 is 9.84 Å². The van der Waals surface area contributed by atoms with Crippen LogP contribution in [0.2, 0.25) is 0 Å². The summed E-state index contributed by atoms with van der Waals surface area (Å²) in [6.45, 7) is 8.00. The number of hydrogen-bond acceptors (Lipinski definition) is 5. The molecule has 1 aliphatic rings. The molecule has 1 saturated heterocycles. The highest BCUT2D eigenvalue weighted by molar-refractivity contribution is 7.99. The largest absolute Gasteiger partial charge is 0.311 e. The van der Waals surface area contributed by atoms with Crippen LogP contribution >= 0.6 is 11.8 Å². The van der Waals surface area contributed by atoms with E-state index in [0.717, 1.165) is 24.5 Å². The molecule has 1 aliphatic heterocycles. The molecule has 5 nitrogen and oxygen atoms in total. The fraction of sp³-hybridized carbons (Fsp3) is 0.786. The SMILES string of the molecule is CSC(C)CNCc1c(C)nn(C2CCS(=O)(=O)C2)c1C. The van der Waals surface area contributed by atoms with Crippen LogP contribution in [0.1, 0.15) is 36.3 Å². The Kier molecular flexibility index (Phi) is 5.38. The van der Waals surface area contributed by atoms with E-state index in [9.17, 15) is 8.42 Å². The zero-order chi connectivity index (χ0) is 15.6. The Hall–Kier alpha value is -0.530. The van der Waals surface area contributed by atoms with Crippen LogP contribution in [0.3, 0.4) is 0 Å². The van der Waals surface area contributed by atoms with Crippen LogP contribution in [-0.2, 0) is 16.4 Å². The molecule has 0 amide bonds. The quantitative estimate of drug-likeness (QED) is 0.859. The lowest BCUT2D eigenvalue weighted by atomic mass is 10.2. The molecular formula is C14H25N3O2S2. The molecule has 2 rings (SSSR count). The molecule has 0 aromatic carbocycles. The van der Waals surface area contributed by atoms with Crippen LogP contribution in [-0.4, -0.2) is 47.8 Å². The van der Waals surface area contributed by atoms with Gasteiger partial charge in [-0.2, -0.15) is 16.9 Å². The lowest BCUT2D eigenvalue weighted by Gasteiger charge is -2.12. The monoisotopic (exact) mass is 331 g/mol. The molecule has 0 spiro atoms. The lowest BCUT2D eigenvalue weighted by Crippen LogP contribution is -2.22. The second kappa shape index (κ2) is 6.71. The van der Waals surface area contributed by atoms with Gasteiger partial charge in [0, 0.05) is 29.6 Å². The van der Waals surface area contributed by atoms with Crippen molar-refractivity contribution in [2.45, 2.75) is 45.0 Å². The molecule has 0 aliphatic carbocycles. The average Bonchev–Trinajstić information content (AvgIpc) is 2.91. The summed E-state index contributed by atoms with van der Waals surface area (Å²) in [4.78, 5) is 0. The first-order valence-electron chi connectivity index (χ1n) is 7.32. The van der Waals surface area contributed by atoms with Crippen molar-refractivity contribution in [3.63, 3.8) is 0 Å². The summed E-state index contributed by atoms with van der Waals surface area (Å²) in [5.74, 6) is 0.514. The van der Waals surface area contributed by atoms with Crippen molar-refractivity contribution in [2.24, 2.45) is 0 Å². The van der Waals surface area contributed by atoms with Gasteiger partial charge in [-0.05, 0) is 26.5 Å². The zero-order valence-electron chi connectivity index (χ0n) is 13.2. The smallest absolute Gasteiger partial charge is 0.152 e. The number of aromatic nitrogens is 2. The summed E-state index contributed by atoms with van der Waals surface area (Å²) in [6.07, 6.45) is 2.79. The van der Waals surface area contributed by atoms with Crippen LogP contribution in [0.15, 0.2) is 0 Å². The van der Waals surface area contributed by atoms with Gasteiger partial charge in [-0.15, -0.1) is 0 Å². The predicted octanol–water partition coefficient (Wildman–Crippen LogP) is 1.70. The molecule has 21 heavy (non-hydrogen) atoms. The fourth-order valence-corrected chi connectivity index (χ4v) is 4.74. The number of nitrogens with one attached hydrogen (secondary N) is 1. The van der Waals surface area contributed by atoms with Gasteiger partial charge in [-0.3, -0.25) is 4.68 Å². The van der Waals surface area contributed by atoms with Crippen LogP contribution in [0.25, 0.3) is 0 Å².